The van der Waals surface area contributed by atoms with Crippen molar-refractivity contribution in [2.24, 2.45) is 0 Å². The molecule has 0 amide bonds. The molecule has 3 rings (SSSR count). The molecule has 1 atom stereocenters. The van der Waals surface area contributed by atoms with Crippen LogP contribution in [-0.4, -0.2) is 31.2 Å². The average Bonchev–Trinajstić information content (AvgIpc) is 2.47. The van der Waals surface area contributed by atoms with Crippen LogP contribution in [0.1, 0.15) is 18.0 Å². The number of benzene rings is 1. The highest BCUT2D eigenvalue weighted by molar-refractivity contribution is 7.90. The summed E-state index contributed by atoms with van der Waals surface area (Å²) >= 11 is 0. The second-order valence-electron chi connectivity index (χ2n) is 4.90. The highest BCUT2D eigenvalue weighted by Gasteiger charge is 2.21. The number of anilines is 1. The number of hydrogen-bond acceptors (Lipinski definition) is 6. The predicted molar refractivity (Wildman–Crippen MR) is 78.1 cm³/mol. The number of rotatable bonds is 3. The summed E-state index contributed by atoms with van der Waals surface area (Å²) in [6.07, 6.45) is 4.89. The first-order valence-corrected chi connectivity index (χ1v) is 8.43. The van der Waals surface area contributed by atoms with E-state index in [0.29, 0.717) is 12.3 Å². The van der Waals surface area contributed by atoms with Crippen molar-refractivity contribution in [2.75, 3.05) is 18.2 Å². The zero-order chi connectivity index (χ0) is 14.9. The fraction of sp³-hybridized carbons (Fsp3) is 0.286. The van der Waals surface area contributed by atoms with E-state index < -0.39 is 9.84 Å². The molecule has 0 radical (unpaired) electrons. The maximum Gasteiger partial charge on any atom is 0.246 e. The fourth-order valence-electron chi connectivity index (χ4n) is 2.28. The van der Waals surface area contributed by atoms with Crippen LogP contribution in [0, 0.1) is 0 Å². The predicted octanol–water partition coefficient (Wildman–Crippen LogP) is 1.82. The van der Waals surface area contributed by atoms with Crippen molar-refractivity contribution >= 4 is 15.5 Å². The number of ether oxygens (including phenoxy) is 1. The molecule has 1 aromatic carbocycles. The molecule has 110 valence electrons. The zero-order valence-corrected chi connectivity index (χ0v) is 12.3. The van der Waals surface area contributed by atoms with Crippen molar-refractivity contribution < 1.29 is 13.2 Å². The number of para-hydroxylation sites is 1. The molecule has 0 saturated carbocycles. The van der Waals surface area contributed by atoms with Crippen LogP contribution in [0.2, 0.25) is 0 Å². The number of sulfone groups is 1. The van der Waals surface area contributed by atoms with Gasteiger partial charge in [-0.05, 0) is 6.07 Å². The van der Waals surface area contributed by atoms with Crippen molar-refractivity contribution in [3.63, 3.8) is 0 Å². The van der Waals surface area contributed by atoms with Crippen LogP contribution in [-0.2, 0) is 9.84 Å². The van der Waals surface area contributed by atoms with E-state index in [-0.39, 0.29) is 11.2 Å². The van der Waals surface area contributed by atoms with Gasteiger partial charge in [-0.25, -0.2) is 18.4 Å². The Morgan fingerprint density at radius 1 is 1.24 bits per heavy atom. The van der Waals surface area contributed by atoms with Crippen molar-refractivity contribution in [1.29, 1.82) is 0 Å². The standard InChI is InChI=1S/C14H15N3O3S/c1-21(18,19)14-15-8-10(9-16-14)17-12-6-7-20-13-5-3-2-4-11(12)13/h2-5,8-9,12,17H,6-7H2,1H3. The van der Waals surface area contributed by atoms with E-state index in [2.05, 4.69) is 15.3 Å². The van der Waals surface area contributed by atoms with E-state index >= 15 is 0 Å². The molecule has 2 heterocycles. The van der Waals surface area contributed by atoms with Crippen molar-refractivity contribution in [3.05, 3.63) is 42.2 Å². The summed E-state index contributed by atoms with van der Waals surface area (Å²) in [6.45, 7) is 0.636. The quantitative estimate of drug-likeness (QED) is 0.871. The van der Waals surface area contributed by atoms with Crippen LogP contribution in [0.5, 0.6) is 5.75 Å². The van der Waals surface area contributed by atoms with Gasteiger partial charge in [-0.2, -0.15) is 0 Å². The highest BCUT2D eigenvalue weighted by atomic mass is 32.2. The Morgan fingerprint density at radius 2 is 1.95 bits per heavy atom. The van der Waals surface area contributed by atoms with Crippen LogP contribution in [0.3, 0.4) is 0 Å². The largest absolute Gasteiger partial charge is 0.493 e. The van der Waals surface area contributed by atoms with E-state index in [9.17, 15) is 8.42 Å². The van der Waals surface area contributed by atoms with Crippen molar-refractivity contribution in [2.45, 2.75) is 17.6 Å². The lowest BCUT2D eigenvalue weighted by Crippen LogP contribution is -2.20. The molecule has 1 aromatic heterocycles. The molecule has 6 nitrogen and oxygen atoms in total. The first kappa shape index (κ1) is 13.8. The molecule has 0 spiro atoms. The van der Waals surface area contributed by atoms with Gasteiger partial charge in [0.15, 0.2) is 0 Å². The summed E-state index contributed by atoms with van der Waals surface area (Å²) < 4.78 is 28.3. The van der Waals surface area contributed by atoms with E-state index in [1.54, 1.807) is 0 Å². The first-order valence-electron chi connectivity index (χ1n) is 6.54. The monoisotopic (exact) mass is 305 g/mol. The summed E-state index contributed by atoms with van der Waals surface area (Å²) in [4.78, 5) is 7.76. The normalized spacial score (nSPS) is 17.7. The van der Waals surface area contributed by atoms with Crippen LogP contribution in [0.15, 0.2) is 41.8 Å². The number of fused-ring (bicyclic) bond motifs is 1. The third kappa shape index (κ3) is 2.97. The maximum absolute atomic E-state index is 11.3. The van der Waals surface area contributed by atoms with Gasteiger partial charge in [-0.3, -0.25) is 0 Å². The van der Waals surface area contributed by atoms with Crippen LogP contribution in [0.4, 0.5) is 5.69 Å². The molecule has 0 saturated heterocycles. The highest BCUT2D eigenvalue weighted by Crippen LogP contribution is 2.33. The Balaban J connectivity index is 1.82. The Hall–Kier alpha value is -2.15. The Bertz CT molecular complexity index is 744. The molecule has 21 heavy (non-hydrogen) atoms. The topological polar surface area (TPSA) is 81.2 Å². The molecule has 0 aliphatic carbocycles. The molecule has 0 bridgehead atoms. The van der Waals surface area contributed by atoms with Gasteiger partial charge >= 0.3 is 0 Å². The van der Waals surface area contributed by atoms with E-state index in [0.717, 1.165) is 24.0 Å². The molecule has 2 aromatic rings. The molecule has 1 N–H and O–H groups in total. The SMILES string of the molecule is CS(=O)(=O)c1ncc(NC2CCOc3ccccc32)cn1. The van der Waals surface area contributed by atoms with Crippen LogP contribution < -0.4 is 10.1 Å². The van der Waals surface area contributed by atoms with E-state index in [1.165, 1.54) is 12.4 Å². The third-order valence-electron chi connectivity index (χ3n) is 3.26. The minimum absolute atomic E-state index is 0.0997. The lowest BCUT2D eigenvalue weighted by atomic mass is 10.0. The second-order valence-corrected chi connectivity index (χ2v) is 6.81. The number of hydrogen-bond donors (Lipinski definition) is 1. The Labute approximate surface area is 123 Å². The smallest absolute Gasteiger partial charge is 0.246 e. The van der Waals surface area contributed by atoms with Crippen molar-refractivity contribution in [1.82, 2.24) is 9.97 Å². The van der Waals surface area contributed by atoms with Gasteiger partial charge in [0.2, 0.25) is 15.0 Å². The van der Waals surface area contributed by atoms with Gasteiger partial charge in [0, 0.05) is 18.2 Å². The average molecular weight is 305 g/mol. The lowest BCUT2D eigenvalue weighted by molar-refractivity contribution is 0.274. The van der Waals surface area contributed by atoms with Gasteiger partial charge in [0.25, 0.3) is 0 Å². The number of nitrogens with zero attached hydrogens (tertiary/aromatic N) is 2. The Morgan fingerprint density at radius 3 is 2.67 bits per heavy atom. The van der Waals surface area contributed by atoms with Gasteiger partial charge in [-0.15, -0.1) is 0 Å². The molecule has 7 heteroatoms. The molecular formula is C14H15N3O3S. The number of nitrogens with one attached hydrogen (secondary N) is 1. The molecule has 1 aliphatic rings. The molecule has 1 aliphatic heterocycles. The summed E-state index contributed by atoms with van der Waals surface area (Å²) in [5, 5.41) is 3.15. The first-order chi connectivity index (χ1) is 10.0. The summed E-state index contributed by atoms with van der Waals surface area (Å²) in [7, 11) is -3.37. The minimum Gasteiger partial charge on any atom is -0.493 e. The minimum atomic E-state index is -3.37. The van der Waals surface area contributed by atoms with Crippen molar-refractivity contribution in [3.8, 4) is 5.75 Å². The van der Waals surface area contributed by atoms with Crippen LogP contribution in [0.25, 0.3) is 0 Å². The van der Waals surface area contributed by atoms with Gasteiger partial charge in [-0.1, -0.05) is 18.2 Å². The summed E-state index contributed by atoms with van der Waals surface area (Å²) in [5.74, 6) is 0.870. The van der Waals surface area contributed by atoms with Crippen LogP contribution >= 0.6 is 0 Å². The molecule has 0 fully saturated rings. The Kier molecular flexibility index (Phi) is 3.50. The maximum atomic E-state index is 11.3. The summed E-state index contributed by atoms with van der Waals surface area (Å²) in [5.41, 5.74) is 1.76. The van der Waals surface area contributed by atoms with E-state index in [1.807, 2.05) is 24.3 Å². The second kappa shape index (κ2) is 5.33. The van der Waals surface area contributed by atoms with Gasteiger partial charge in [0.1, 0.15) is 5.75 Å². The third-order valence-corrected chi connectivity index (χ3v) is 4.13. The lowest BCUT2D eigenvalue weighted by Gasteiger charge is -2.27. The zero-order valence-electron chi connectivity index (χ0n) is 11.5. The van der Waals surface area contributed by atoms with Gasteiger partial charge in [0.05, 0.1) is 30.7 Å². The van der Waals surface area contributed by atoms with Gasteiger partial charge < -0.3 is 10.1 Å². The fourth-order valence-corrected chi connectivity index (χ4v) is 2.76. The molecule has 1 unspecified atom stereocenters. The number of aromatic nitrogens is 2. The summed E-state index contributed by atoms with van der Waals surface area (Å²) in [6, 6.07) is 7.95. The molecular weight excluding hydrogens is 290 g/mol. The van der Waals surface area contributed by atoms with E-state index in [4.69, 9.17) is 4.74 Å².